The van der Waals surface area contributed by atoms with E-state index in [-0.39, 0.29) is 0 Å². The van der Waals surface area contributed by atoms with E-state index in [4.69, 9.17) is 0 Å². The zero-order valence-corrected chi connectivity index (χ0v) is 12.4. The molecule has 0 amide bonds. The van der Waals surface area contributed by atoms with Crippen molar-refractivity contribution in [3.8, 4) is 11.1 Å². The monoisotopic (exact) mass is 264 g/mol. The third-order valence-electron chi connectivity index (χ3n) is 4.68. The van der Waals surface area contributed by atoms with Crippen molar-refractivity contribution in [2.45, 2.75) is 51.4 Å². The van der Waals surface area contributed by atoms with Crippen LogP contribution in [0.4, 0.5) is 0 Å². The molecule has 0 saturated heterocycles. The standard InChI is InChI=1S/C20H24/c1-2-16-8-10-18(11-9-16)20-14-12-19(13-15-20)17-6-4-3-5-7-17/h8-15,17H,2-7H2,1H3. The van der Waals surface area contributed by atoms with Gasteiger partial charge in [0.1, 0.15) is 0 Å². The van der Waals surface area contributed by atoms with E-state index in [1.807, 2.05) is 0 Å². The van der Waals surface area contributed by atoms with E-state index in [1.54, 1.807) is 5.56 Å². The van der Waals surface area contributed by atoms with Gasteiger partial charge in [-0.3, -0.25) is 0 Å². The molecular weight excluding hydrogens is 240 g/mol. The molecule has 2 aromatic rings. The van der Waals surface area contributed by atoms with Crippen LogP contribution < -0.4 is 0 Å². The predicted octanol–water partition coefficient (Wildman–Crippen LogP) is 5.96. The second-order valence-corrected chi connectivity index (χ2v) is 6.01. The highest BCUT2D eigenvalue weighted by atomic mass is 14.2. The molecule has 1 fully saturated rings. The minimum atomic E-state index is 0.806. The van der Waals surface area contributed by atoms with Crippen molar-refractivity contribution in [1.29, 1.82) is 0 Å². The second-order valence-electron chi connectivity index (χ2n) is 6.01. The topological polar surface area (TPSA) is 0 Å². The van der Waals surface area contributed by atoms with Crippen molar-refractivity contribution in [2.24, 2.45) is 0 Å². The van der Waals surface area contributed by atoms with E-state index in [2.05, 4.69) is 55.5 Å². The summed E-state index contributed by atoms with van der Waals surface area (Å²) in [6.45, 7) is 2.20. The van der Waals surface area contributed by atoms with E-state index in [0.717, 1.165) is 12.3 Å². The Morgan fingerprint density at radius 3 is 1.85 bits per heavy atom. The SMILES string of the molecule is CCc1ccc(-c2ccc(C3CCCCC3)cc2)cc1. The Bertz CT molecular complexity index is 527. The molecule has 0 radical (unpaired) electrons. The minimum Gasteiger partial charge on any atom is -0.0613 e. The average Bonchev–Trinajstić information content (AvgIpc) is 2.56. The summed E-state index contributed by atoms with van der Waals surface area (Å²) in [5, 5.41) is 0. The Hall–Kier alpha value is -1.56. The van der Waals surface area contributed by atoms with Crippen molar-refractivity contribution in [2.75, 3.05) is 0 Å². The molecule has 0 spiro atoms. The van der Waals surface area contributed by atoms with Crippen molar-refractivity contribution >= 4 is 0 Å². The Labute approximate surface area is 122 Å². The maximum Gasteiger partial charge on any atom is -0.0162 e. The Morgan fingerprint density at radius 1 is 0.750 bits per heavy atom. The van der Waals surface area contributed by atoms with Crippen LogP contribution in [0.25, 0.3) is 11.1 Å². The number of benzene rings is 2. The summed E-state index contributed by atoms with van der Waals surface area (Å²) in [6, 6.07) is 18.3. The molecular formula is C20H24. The molecule has 0 bridgehead atoms. The molecule has 1 aliphatic carbocycles. The highest BCUT2D eigenvalue weighted by Gasteiger charge is 2.15. The molecule has 0 heteroatoms. The first-order chi connectivity index (χ1) is 9.86. The van der Waals surface area contributed by atoms with Gasteiger partial charge in [-0.05, 0) is 47.4 Å². The molecule has 0 N–H and O–H groups in total. The number of rotatable bonds is 3. The fraction of sp³-hybridized carbons (Fsp3) is 0.400. The zero-order chi connectivity index (χ0) is 13.8. The summed E-state index contributed by atoms with van der Waals surface area (Å²) in [6.07, 6.45) is 8.12. The molecule has 0 aromatic heterocycles. The lowest BCUT2D eigenvalue weighted by atomic mass is 9.84. The summed E-state index contributed by atoms with van der Waals surface area (Å²) in [7, 11) is 0. The van der Waals surface area contributed by atoms with Crippen LogP contribution in [0.1, 0.15) is 56.1 Å². The summed E-state index contributed by atoms with van der Waals surface area (Å²) >= 11 is 0. The van der Waals surface area contributed by atoms with Crippen molar-refractivity contribution in [3.63, 3.8) is 0 Å². The van der Waals surface area contributed by atoms with Crippen LogP contribution in [0.15, 0.2) is 48.5 Å². The van der Waals surface area contributed by atoms with Crippen molar-refractivity contribution in [1.82, 2.24) is 0 Å². The summed E-state index contributed by atoms with van der Waals surface area (Å²) < 4.78 is 0. The highest BCUT2D eigenvalue weighted by molar-refractivity contribution is 5.64. The van der Waals surface area contributed by atoms with Gasteiger partial charge in [0.25, 0.3) is 0 Å². The third-order valence-corrected chi connectivity index (χ3v) is 4.68. The fourth-order valence-electron chi connectivity index (χ4n) is 3.32. The maximum absolute atomic E-state index is 2.35. The Morgan fingerprint density at radius 2 is 1.30 bits per heavy atom. The Balaban J connectivity index is 1.77. The molecule has 0 heterocycles. The molecule has 0 unspecified atom stereocenters. The smallest absolute Gasteiger partial charge is 0.0162 e. The molecule has 0 atom stereocenters. The number of aryl methyl sites for hydroxylation is 1. The highest BCUT2D eigenvalue weighted by Crippen LogP contribution is 2.33. The van der Waals surface area contributed by atoms with Crippen LogP contribution in [0, 0.1) is 0 Å². The van der Waals surface area contributed by atoms with Crippen LogP contribution >= 0.6 is 0 Å². The average molecular weight is 264 g/mol. The van der Waals surface area contributed by atoms with Crippen LogP contribution in [0.5, 0.6) is 0 Å². The van der Waals surface area contributed by atoms with E-state index >= 15 is 0 Å². The van der Waals surface area contributed by atoms with Gasteiger partial charge in [0.05, 0.1) is 0 Å². The molecule has 20 heavy (non-hydrogen) atoms. The second kappa shape index (κ2) is 6.26. The van der Waals surface area contributed by atoms with E-state index in [0.29, 0.717) is 0 Å². The number of hydrogen-bond acceptors (Lipinski definition) is 0. The van der Waals surface area contributed by atoms with Crippen LogP contribution in [0.2, 0.25) is 0 Å². The first-order valence-electron chi connectivity index (χ1n) is 8.06. The lowest BCUT2D eigenvalue weighted by Gasteiger charge is -2.22. The van der Waals surface area contributed by atoms with Crippen molar-refractivity contribution in [3.05, 3.63) is 59.7 Å². The normalized spacial score (nSPS) is 16.2. The molecule has 1 aliphatic rings. The summed E-state index contributed by atoms with van der Waals surface area (Å²) in [5.74, 6) is 0.806. The summed E-state index contributed by atoms with van der Waals surface area (Å²) in [5.41, 5.74) is 5.62. The maximum atomic E-state index is 2.35. The Kier molecular flexibility index (Phi) is 4.20. The van der Waals surface area contributed by atoms with Gasteiger partial charge in [-0.25, -0.2) is 0 Å². The van der Waals surface area contributed by atoms with Crippen molar-refractivity contribution < 1.29 is 0 Å². The quantitative estimate of drug-likeness (QED) is 0.641. The first kappa shape index (κ1) is 13.4. The van der Waals surface area contributed by atoms with Gasteiger partial charge in [-0.15, -0.1) is 0 Å². The van der Waals surface area contributed by atoms with Gasteiger partial charge >= 0.3 is 0 Å². The molecule has 1 saturated carbocycles. The molecule has 2 aromatic carbocycles. The third kappa shape index (κ3) is 2.95. The van der Waals surface area contributed by atoms with Gasteiger partial charge in [-0.2, -0.15) is 0 Å². The summed E-state index contributed by atoms with van der Waals surface area (Å²) in [4.78, 5) is 0. The van der Waals surface area contributed by atoms with E-state index in [1.165, 1.54) is 48.8 Å². The lowest BCUT2D eigenvalue weighted by Crippen LogP contribution is -2.04. The van der Waals surface area contributed by atoms with Crippen LogP contribution in [-0.2, 0) is 6.42 Å². The minimum absolute atomic E-state index is 0.806. The zero-order valence-electron chi connectivity index (χ0n) is 12.4. The van der Waals surface area contributed by atoms with Gasteiger partial charge in [0, 0.05) is 0 Å². The molecule has 104 valence electrons. The lowest BCUT2D eigenvalue weighted by molar-refractivity contribution is 0.443. The largest absolute Gasteiger partial charge is 0.0613 e. The van der Waals surface area contributed by atoms with Gasteiger partial charge < -0.3 is 0 Å². The predicted molar refractivity (Wildman–Crippen MR) is 87.1 cm³/mol. The first-order valence-corrected chi connectivity index (χ1v) is 8.06. The van der Waals surface area contributed by atoms with E-state index in [9.17, 15) is 0 Å². The number of hydrogen-bond donors (Lipinski definition) is 0. The molecule has 3 rings (SSSR count). The van der Waals surface area contributed by atoms with Gasteiger partial charge in [0.2, 0.25) is 0 Å². The van der Waals surface area contributed by atoms with E-state index < -0.39 is 0 Å². The van der Waals surface area contributed by atoms with Crippen LogP contribution in [-0.4, -0.2) is 0 Å². The van der Waals surface area contributed by atoms with Crippen LogP contribution in [0.3, 0.4) is 0 Å². The van der Waals surface area contributed by atoms with Gasteiger partial charge in [0.15, 0.2) is 0 Å². The molecule has 0 aliphatic heterocycles. The molecule has 0 nitrogen and oxygen atoms in total. The van der Waals surface area contributed by atoms with Gasteiger partial charge in [-0.1, -0.05) is 74.7 Å². The fourth-order valence-corrected chi connectivity index (χ4v) is 3.32.